The molecule has 8 atom stereocenters. The van der Waals surface area contributed by atoms with Crippen LogP contribution in [0.5, 0.6) is 0 Å². The molecule has 17 heavy (non-hydrogen) atoms. The molecule has 1 heterocycles. The van der Waals surface area contributed by atoms with Crippen LogP contribution in [0.3, 0.4) is 0 Å². The molecule has 4 heteroatoms. The molecule has 0 radical (unpaired) electrons. The van der Waals surface area contributed by atoms with Crippen molar-refractivity contribution in [2.24, 2.45) is 29.6 Å². The topological polar surface area (TPSA) is 36.9 Å². The van der Waals surface area contributed by atoms with Gasteiger partial charge in [-0.25, -0.2) is 0 Å². The lowest BCUT2D eigenvalue weighted by Gasteiger charge is -2.25. The molecule has 0 aromatic heterocycles. The molecule has 94 valence electrons. The Morgan fingerprint density at radius 3 is 2.24 bits per heavy atom. The van der Waals surface area contributed by atoms with E-state index in [1.807, 2.05) is 7.11 Å². The van der Waals surface area contributed by atoms with Crippen LogP contribution in [0.2, 0.25) is 0 Å². The molecule has 2 saturated carbocycles. The van der Waals surface area contributed by atoms with Crippen molar-refractivity contribution in [1.82, 2.24) is 0 Å². The molecular weight excluding hydrogens is 220 g/mol. The van der Waals surface area contributed by atoms with Crippen LogP contribution in [-0.2, 0) is 18.9 Å². The molecule has 0 aromatic carbocycles. The minimum Gasteiger partial charge on any atom is -0.377 e. The highest BCUT2D eigenvalue weighted by molar-refractivity contribution is 5.40. The van der Waals surface area contributed by atoms with Crippen LogP contribution in [0.1, 0.15) is 0 Å². The zero-order valence-electron chi connectivity index (χ0n) is 10.3. The van der Waals surface area contributed by atoms with Gasteiger partial charge in [0, 0.05) is 50.9 Å². The highest BCUT2D eigenvalue weighted by Gasteiger charge is 2.83. The number of hydrogen-bond donors (Lipinski definition) is 0. The molecule has 3 fully saturated rings. The fourth-order valence-electron chi connectivity index (χ4n) is 4.84. The Kier molecular flexibility index (Phi) is 1.93. The third kappa shape index (κ3) is 0.930. The Morgan fingerprint density at radius 2 is 1.59 bits per heavy atom. The fourth-order valence-corrected chi connectivity index (χ4v) is 4.84. The lowest BCUT2D eigenvalue weighted by molar-refractivity contribution is -0.205. The maximum atomic E-state index is 5.85. The molecule has 0 unspecified atom stereocenters. The first kappa shape index (κ1) is 10.5. The standard InChI is InChI=1S/C13H18O4/c1-14-11-8-6-4-5-7-10(13(6,7)16-3)9(8)12(15-2)17-11/h4-12H,1-3H3/t6-,7+,8-,9-,10+,11-,12-,13+/m1/s1. The Hall–Kier alpha value is -0.420. The van der Waals surface area contributed by atoms with E-state index in [2.05, 4.69) is 12.2 Å². The van der Waals surface area contributed by atoms with Gasteiger partial charge in [0.25, 0.3) is 0 Å². The molecule has 4 nitrogen and oxygen atoms in total. The molecule has 1 aliphatic heterocycles. The van der Waals surface area contributed by atoms with E-state index in [4.69, 9.17) is 18.9 Å². The van der Waals surface area contributed by atoms with Gasteiger partial charge in [0.1, 0.15) is 0 Å². The summed E-state index contributed by atoms with van der Waals surface area (Å²) < 4.78 is 22.6. The van der Waals surface area contributed by atoms with Crippen molar-refractivity contribution < 1.29 is 18.9 Å². The van der Waals surface area contributed by atoms with Crippen molar-refractivity contribution in [3.05, 3.63) is 12.2 Å². The van der Waals surface area contributed by atoms with Gasteiger partial charge >= 0.3 is 0 Å². The van der Waals surface area contributed by atoms with Gasteiger partial charge < -0.3 is 18.9 Å². The average Bonchev–Trinajstić information content (AvgIpc) is 2.64. The largest absolute Gasteiger partial charge is 0.377 e. The van der Waals surface area contributed by atoms with Crippen LogP contribution in [-0.4, -0.2) is 39.5 Å². The summed E-state index contributed by atoms with van der Waals surface area (Å²) in [5.74, 6) is 2.34. The lowest BCUT2D eigenvalue weighted by Crippen LogP contribution is -2.32. The third-order valence-electron chi connectivity index (χ3n) is 5.36. The molecule has 0 aromatic rings. The highest BCUT2D eigenvalue weighted by atomic mass is 16.8. The molecule has 0 N–H and O–H groups in total. The summed E-state index contributed by atoms with van der Waals surface area (Å²) in [5.41, 5.74) is 0.0344. The number of hydrogen-bond acceptors (Lipinski definition) is 4. The second-order valence-electron chi connectivity index (χ2n) is 5.52. The van der Waals surface area contributed by atoms with Gasteiger partial charge in [-0.15, -0.1) is 0 Å². The van der Waals surface area contributed by atoms with Crippen LogP contribution >= 0.6 is 0 Å². The van der Waals surface area contributed by atoms with Crippen LogP contribution in [0, 0.1) is 29.6 Å². The smallest absolute Gasteiger partial charge is 0.164 e. The van der Waals surface area contributed by atoms with E-state index < -0.39 is 0 Å². The van der Waals surface area contributed by atoms with Crippen molar-refractivity contribution in [1.29, 1.82) is 0 Å². The normalized spacial score (nSPS) is 61.7. The minimum atomic E-state index is -0.154. The van der Waals surface area contributed by atoms with Crippen LogP contribution < -0.4 is 0 Å². The predicted molar refractivity (Wildman–Crippen MR) is 59.0 cm³/mol. The van der Waals surface area contributed by atoms with Gasteiger partial charge in [0.05, 0.1) is 5.60 Å². The summed E-state index contributed by atoms with van der Waals surface area (Å²) in [6.07, 6.45) is 4.32. The molecule has 4 rings (SSSR count). The van der Waals surface area contributed by atoms with Gasteiger partial charge in [-0.3, -0.25) is 0 Å². The van der Waals surface area contributed by atoms with E-state index >= 15 is 0 Å². The summed E-state index contributed by atoms with van der Waals surface area (Å²) >= 11 is 0. The molecule has 0 spiro atoms. The Balaban J connectivity index is 1.74. The predicted octanol–water partition coefficient (Wildman–Crippen LogP) is 1.02. The first-order chi connectivity index (χ1) is 8.29. The SMILES string of the molecule is CO[C@@H]1O[C@@H](OC)[C@H]2[C@@H]1[C@@H]1[C@@H]3C=C[C@H]2[C@@]13OC. The second kappa shape index (κ2) is 3.12. The van der Waals surface area contributed by atoms with Gasteiger partial charge in [-0.1, -0.05) is 12.2 Å². The average molecular weight is 238 g/mol. The third-order valence-corrected chi connectivity index (χ3v) is 5.36. The van der Waals surface area contributed by atoms with Gasteiger partial charge in [-0.2, -0.15) is 0 Å². The molecule has 1 saturated heterocycles. The summed E-state index contributed by atoms with van der Waals surface area (Å²) in [5, 5.41) is 0. The molecule has 0 amide bonds. The van der Waals surface area contributed by atoms with E-state index in [9.17, 15) is 0 Å². The van der Waals surface area contributed by atoms with Crippen molar-refractivity contribution in [3.8, 4) is 0 Å². The molecule has 3 aliphatic carbocycles. The molecular formula is C13H18O4. The van der Waals surface area contributed by atoms with Crippen LogP contribution in [0.25, 0.3) is 0 Å². The van der Waals surface area contributed by atoms with Crippen LogP contribution in [0.15, 0.2) is 12.2 Å². The first-order valence-corrected chi connectivity index (χ1v) is 6.24. The number of ether oxygens (including phenoxy) is 4. The van der Waals surface area contributed by atoms with E-state index in [-0.39, 0.29) is 18.2 Å². The van der Waals surface area contributed by atoms with Crippen LogP contribution in [0.4, 0.5) is 0 Å². The van der Waals surface area contributed by atoms with Gasteiger partial charge in [-0.05, 0) is 0 Å². The Morgan fingerprint density at radius 1 is 0.941 bits per heavy atom. The zero-order chi connectivity index (χ0) is 11.8. The maximum Gasteiger partial charge on any atom is 0.164 e. The van der Waals surface area contributed by atoms with Gasteiger partial charge in [0.2, 0.25) is 0 Å². The fraction of sp³-hybridized carbons (Fsp3) is 0.846. The second-order valence-corrected chi connectivity index (χ2v) is 5.52. The Labute approximate surface area is 101 Å². The van der Waals surface area contributed by atoms with E-state index in [0.29, 0.717) is 29.6 Å². The number of methoxy groups -OCH3 is 3. The van der Waals surface area contributed by atoms with Crippen molar-refractivity contribution in [2.45, 2.75) is 18.2 Å². The number of fused-ring (bicyclic) bond motifs is 4. The van der Waals surface area contributed by atoms with Gasteiger partial charge in [0.15, 0.2) is 12.6 Å². The highest BCUT2D eigenvalue weighted by Crippen LogP contribution is 2.76. The minimum absolute atomic E-state index is 0.0344. The molecule has 0 bridgehead atoms. The monoisotopic (exact) mass is 238 g/mol. The number of rotatable bonds is 3. The van der Waals surface area contributed by atoms with E-state index in [1.54, 1.807) is 14.2 Å². The maximum absolute atomic E-state index is 5.85. The summed E-state index contributed by atoms with van der Waals surface area (Å²) in [7, 11) is 5.25. The van der Waals surface area contributed by atoms with Crippen molar-refractivity contribution >= 4 is 0 Å². The molecule has 4 aliphatic rings. The first-order valence-electron chi connectivity index (χ1n) is 6.24. The van der Waals surface area contributed by atoms with E-state index in [1.165, 1.54) is 0 Å². The zero-order valence-corrected chi connectivity index (χ0v) is 10.3. The summed E-state index contributed by atoms with van der Waals surface area (Å²) in [6, 6.07) is 0. The summed E-state index contributed by atoms with van der Waals surface area (Å²) in [4.78, 5) is 0. The van der Waals surface area contributed by atoms with E-state index in [0.717, 1.165) is 0 Å². The Bertz CT molecular complexity index is 382. The summed E-state index contributed by atoms with van der Waals surface area (Å²) in [6.45, 7) is 0. The van der Waals surface area contributed by atoms with Crippen molar-refractivity contribution in [2.75, 3.05) is 21.3 Å². The lowest BCUT2D eigenvalue weighted by atomic mass is 9.85. The van der Waals surface area contributed by atoms with Crippen molar-refractivity contribution in [3.63, 3.8) is 0 Å². The quantitative estimate of drug-likeness (QED) is 0.688.